The second-order valence-electron chi connectivity index (χ2n) is 7.30. The van der Waals surface area contributed by atoms with Crippen molar-refractivity contribution in [2.24, 2.45) is 0 Å². The van der Waals surface area contributed by atoms with Crippen LogP contribution in [0.3, 0.4) is 0 Å². The van der Waals surface area contributed by atoms with E-state index in [0.717, 1.165) is 29.7 Å². The van der Waals surface area contributed by atoms with Crippen molar-refractivity contribution in [3.8, 4) is 0 Å². The number of nitrogens with one attached hydrogen (secondary N) is 2. The molecule has 4 N–H and O–H groups in total. The first-order chi connectivity index (χ1) is 13.0. The van der Waals surface area contributed by atoms with Crippen LogP contribution in [0.15, 0.2) is 42.5 Å². The van der Waals surface area contributed by atoms with Crippen LogP contribution >= 0.6 is 0 Å². The molecule has 142 valence electrons. The van der Waals surface area contributed by atoms with Crippen LogP contribution in [0, 0.1) is 6.92 Å². The molecule has 1 saturated carbocycles. The van der Waals surface area contributed by atoms with Crippen molar-refractivity contribution in [3.63, 3.8) is 0 Å². The van der Waals surface area contributed by atoms with Crippen molar-refractivity contribution in [2.75, 3.05) is 11.1 Å². The van der Waals surface area contributed by atoms with Gasteiger partial charge in [0, 0.05) is 23.0 Å². The second kappa shape index (κ2) is 8.71. The first-order valence-electron chi connectivity index (χ1n) is 9.57. The first-order valence-corrected chi connectivity index (χ1v) is 9.57. The molecule has 2 aromatic rings. The van der Waals surface area contributed by atoms with Gasteiger partial charge in [-0.1, -0.05) is 31.4 Å². The van der Waals surface area contributed by atoms with Crippen LogP contribution in [0.4, 0.5) is 11.4 Å². The molecule has 0 heterocycles. The fourth-order valence-electron chi connectivity index (χ4n) is 3.48. The molecule has 3 rings (SSSR count). The quantitative estimate of drug-likeness (QED) is 0.704. The molecule has 2 amide bonds. The molecule has 1 fully saturated rings. The number of rotatable bonds is 5. The third-order valence-corrected chi connectivity index (χ3v) is 5.05. The summed E-state index contributed by atoms with van der Waals surface area (Å²) in [5.74, 6) is -0.132. The monoisotopic (exact) mass is 365 g/mol. The average molecular weight is 365 g/mol. The summed E-state index contributed by atoms with van der Waals surface area (Å²) in [5, 5.41) is 6.04. The second-order valence-corrected chi connectivity index (χ2v) is 7.30. The molecule has 0 unspecified atom stereocenters. The zero-order valence-corrected chi connectivity index (χ0v) is 15.8. The maximum atomic E-state index is 12.5. The number of hydrogen-bond donors (Lipinski definition) is 3. The highest BCUT2D eigenvalue weighted by Gasteiger charge is 2.17. The van der Waals surface area contributed by atoms with E-state index in [-0.39, 0.29) is 24.3 Å². The van der Waals surface area contributed by atoms with Gasteiger partial charge in [-0.15, -0.1) is 0 Å². The summed E-state index contributed by atoms with van der Waals surface area (Å²) in [6, 6.07) is 12.9. The van der Waals surface area contributed by atoms with E-state index < -0.39 is 0 Å². The Labute approximate surface area is 160 Å². The number of amides is 2. The van der Waals surface area contributed by atoms with Gasteiger partial charge in [0.25, 0.3) is 5.91 Å². The number of carbonyl (C=O) groups is 2. The molecule has 2 aromatic carbocycles. The van der Waals surface area contributed by atoms with Gasteiger partial charge in [0.05, 0.1) is 6.42 Å². The van der Waals surface area contributed by atoms with Gasteiger partial charge in [0.1, 0.15) is 0 Å². The lowest BCUT2D eigenvalue weighted by molar-refractivity contribution is -0.115. The van der Waals surface area contributed by atoms with Crippen LogP contribution in [0.25, 0.3) is 0 Å². The SMILES string of the molecule is Cc1cc(C(=O)NC2CCCCC2)ccc1NC(=O)Cc1ccc(N)cc1. The fraction of sp³-hybridized carbons (Fsp3) is 0.364. The standard InChI is InChI=1S/C22H27N3O2/c1-15-13-17(22(27)24-19-5-3-2-4-6-19)9-12-20(15)25-21(26)14-16-7-10-18(23)11-8-16/h7-13,19H,2-6,14,23H2,1H3,(H,24,27)(H,25,26). The largest absolute Gasteiger partial charge is 0.399 e. The number of benzene rings is 2. The van der Waals surface area contributed by atoms with E-state index in [0.29, 0.717) is 11.3 Å². The smallest absolute Gasteiger partial charge is 0.251 e. The Bertz CT molecular complexity index is 809. The Morgan fingerprint density at radius 2 is 1.74 bits per heavy atom. The van der Waals surface area contributed by atoms with Gasteiger partial charge in [-0.3, -0.25) is 9.59 Å². The Hall–Kier alpha value is -2.82. The lowest BCUT2D eigenvalue weighted by atomic mass is 9.95. The first kappa shape index (κ1) is 19.0. The lowest BCUT2D eigenvalue weighted by Gasteiger charge is -2.23. The molecule has 0 aromatic heterocycles. The van der Waals surface area contributed by atoms with Crippen LogP contribution in [-0.2, 0) is 11.2 Å². The fourth-order valence-corrected chi connectivity index (χ4v) is 3.48. The van der Waals surface area contributed by atoms with Crippen LogP contribution in [0.5, 0.6) is 0 Å². The predicted octanol–water partition coefficient (Wildman–Crippen LogP) is 3.82. The predicted molar refractivity (Wildman–Crippen MR) is 109 cm³/mol. The molecular weight excluding hydrogens is 338 g/mol. The van der Waals surface area contributed by atoms with Gasteiger partial charge in [0.15, 0.2) is 0 Å². The molecule has 5 nitrogen and oxygen atoms in total. The van der Waals surface area contributed by atoms with Gasteiger partial charge in [-0.25, -0.2) is 0 Å². The molecule has 0 atom stereocenters. The number of nitrogens with two attached hydrogens (primary N) is 1. The van der Waals surface area contributed by atoms with Crippen LogP contribution in [0.1, 0.15) is 53.6 Å². The van der Waals surface area contributed by atoms with Crippen LogP contribution in [-0.4, -0.2) is 17.9 Å². The summed E-state index contributed by atoms with van der Waals surface area (Å²) in [4.78, 5) is 24.7. The Morgan fingerprint density at radius 1 is 1.04 bits per heavy atom. The molecule has 0 radical (unpaired) electrons. The molecular formula is C22H27N3O2. The number of aryl methyl sites for hydroxylation is 1. The van der Waals surface area contributed by atoms with Gasteiger partial charge < -0.3 is 16.4 Å². The molecule has 0 spiro atoms. The molecule has 5 heteroatoms. The number of anilines is 2. The summed E-state index contributed by atoms with van der Waals surface area (Å²) in [7, 11) is 0. The number of hydrogen-bond acceptors (Lipinski definition) is 3. The van der Waals surface area contributed by atoms with Gasteiger partial charge in [0.2, 0.25) is 5.91 Å². The van der Waals surface area contributed by atoms with Crippen molar-refractivity contribution in [1.29, 1.82) is 0 Å². The highest BCUT2D eigenvalue weighted by Crippen LogP contribution is 2.20. The minimum atomic E-state index is -0.0951. The normalized spacial score (nSPS) is 14.6. The zero-order chi connectivity index (χ0) is 19.2. The minimum Gasteiger partial charge on any atom is -0.399 e. The Kier molecular flexibility index (Phi) is 6.12. The van der Waals surface area contributed by atoms with Gasteiger partial charge in [-0.05, 0) is 61.2 Å². The summed E-state index contributed by atoms with van der Waals surface area (Å²) in [6.45, 7) is 1.90. The van der Waals surface area contributed by atoms with E-state index in [1.807, 2.05) is 25.1 Å². The van der Waals surface area contributed by atoms with Crippen molar-refractivity contribution in [1.82, 2.24) is 5.32 Å². The summed E-state index contributed by atoms with van der Waals surface area (Å²) in [6.07, 6.45) is 6.03. The van der Waals surface area contributed by atoms with Gasteiger partial charge >= 0.3 is 0 Å². The van der Waals surface area contributed by atoms with Crippen molar-refractivity contribution in [3.05, 3.63) is 59.2 Å². The van der Waals surface area contributed by atoms with Crippen molar-refractivity contribution < 1.29 is 9.59 Å². The molecule has 0 saturated heterocycles. The van der Waals surface area contributed by atoms with E-state index in [4.69, 9.17) is 5.73 Å². The number of nitrogen functional groups attached to an aromatic ring is 1. The maximum Gasteiger partial charge on any atom is 0.251 e. The molecule has 0 aliphatic heterocycles. The molecule has 27 heavy (non-hydrogen) atoms. The molecule has 0 bridgehead atoms. The molecule has 1 aliphatic carbocycles. The third-order valence-electron chi connectivity index (χ3n) is 5.05. The summed E-state index contributed by atoms with van der Waals surface area (Å²) < 4.78 is 0. The minimum absolute atomic E-state index is 0.0373. The Morgan fingerprint density at radius 3 is 2.41 bits per heavy atom. The van der Waals surface area contributed by atoms with E-state index in [1.165, 1.54) is 19.3 Å². The highest BCUT2D eigenvalue weighted by atomic mass is 16.2. The van der Waals surface area contributed by atoms with E-state index in [1.54, 1.807) is 24.3 Å². The third kappa shape index (κ3) is 5.33. The van der Waals surface area contributed by atoms with Crippen LogP contribution in [0.2, 0.25) is 0 Å². The van der Waals surface area contributed by atoms with Crippen molar-refractivity contribution >= 4 is 23.2 Å². The highest BCUT2D eigenvalue weighted by molar-refractivity contribution is 5.97. The zero-order valence-electron chi connectivity index (χ0n) is 15.8. The number of carbonyl (C=O) groups excluding carboxylic acids is 2. The van der Waals surface area contributed by atoms with E-state index in [9.17, 15) is 9.59 Å². The summed E-state index contributed by atoms with van der Waals surface area (Å²) in [5.41, 5.74) is 9.48. The van der Waals surface area contributed by atoms with Crippen LogP contribution < -0.4 is 16.4 Å². The maximum absolute atomic E-state index is 12.5. The van der Waals surface area contributed by atoms with Crippen molar-refractivity contribution in [2.45, 2.75) is 51.5 Å². The Balaban J connectivity index is 1.59. The van der Waals surface area contributed by atoms with E-state index in [2.05, 4.69) is 10.6 Å². The van der Waals surface area contributed by atoms with E-state index >= 15 is 0 Å². The average Bonchev–Trinajstić information content (AvgIpc) is 2.66. The molecule has 1 aliphatic rings. The summed E-state index contributed by atoms with van der Waals surface area (Å²) >= 11 is 0. The topological polar surface area (TPSA) is 84.2 Å². The van der Waals surface area contributed by atoms with Gasteiger partial charge in [-0.2, -0.15) is 0 Å². The lowest BCUT2D eigenvalue weighted by Crippen LogP contribution is -2.36.